The molecule has 30 heavy (non-hydrogen) atoms. The number of nitrogens with one attached hydrogen (secondary N) is 1. The molecule has 1 aliphatic heterocycles. The molecular formula is C26H30N2O2. The van der Waals surface area contributed by atoms with Crippen LogP contribution in [0.5, 0.6) is 17.2 Å². The number of anilines is 1. The Balaban J connectivity index is 1.18. The summed E-state index contributed by atoms with van der Waals surface area (Å²) in [5.74, 6) is 2.62. The number of para-hydroxylation sites is 1. The monoisotopic (exact) mass is 402 g/mol. The molecule has 0 unspecified atom stereocenters. The summed E-state index contributed by atoms with van der Waals surface area (Å²) in [5.41, 5.74) is 2.29. The van der Waals surface area contributed by atoms with Gasteiger partial charge in [0.05, 0.1) is 6.61 Å². The van der Waals surface area contributed by atoms with Crippen LogP contribution in [0.15, 0.2) is 78.9 Å². The zero-order chi connectivity index (χ0) is 20.4. The third kappa shape index (κ3) is 6.26. The molecule has 1 heterocycles. The lowest BCUT2D eigenvalue weighted by atomic mass is 10.2. The summed E-state index contributed by atoms with van der Waals surface area (Å²) in [5, 5.41) is 3.45. The first-order chi connectivity index (χ1) is 14.8. The molecule has 0 amide bonds. The normalized spacial score (nSPS) is 13.9. The highest BCUT2D eigenvalue weighted by Gasteiger charge is 2.10. The van der Waals surface area contributed by atoms with Crippen molar-refractivity contribution in [2.45, 2.75) is 25.8 Å². The largest absolute Gasteiger partial charge is 0.494 e. The number of nitrogens with zero attached hydrogens (tertiary/aromatic N) is 1. The summed E-state index contributed by atoms with van der Waals surface area (Å²) < 4.78 is 11.7. The molecule has 0 aliphatic carbocycles. The number of rotatable bonds is 10. The number of likely N-dealkylation sites (tertiary alicyclic amines) is 1. The average molecular weight is 403 g/mol. The summed E-state index contributed by atoms with van der Waals surface area (Å²) >= 11 is 0. The summed E-state index contributed by atoms with van der Waals surface area (Å²) in [6.07, 6.45) is 3.79. The number of hydrogen-bond acceptors (Lipinski definition) is 4. The second-order valence-electron chi connectivity index (χ2n) is 7.69. The van der Waals surface area contributed by atoms with Crippen molar-refractivity contribution < 1.29 is 9.47 Å². The average Bonchev–Trinajstić information content (AvgIpc) is 3.31. The molecular weight excluding hydrogens is 372 g/mol. The van der Waals surface area contributed by atoms with Gasteiger partial charge in [-0.05, 0) is 86.4 Å². The topological polar surface area (TPSA) is 33.7 Å². The van der Waals surface area contributed by atoms with E-state index >= 15 is 0 Å². The number of ether oxygens (including phenoxy) is 2. The molecule has 1 N–H and O–H groups in total. The summed E-state index contributed by atoms with van der Waals surface area (Å²) in [6, 6.07) is 26.2. The Bertz CT molecular complexity index is 873. The van der Waals surface area contributed by atoms with Crippen LogP contribution < -0.4 is 14.8 Å². The van der Waals surface area contributed by atoms with E-state index < -0.39 is 0 Å². The first kappa shape index (κ1) is 20.3. The minimum atomic E-state index is 0.772. The van der Waals surface area contributed by atoms with Gasteiger partial charge in [-0.3, -0.25) is 0 Å². The van der Waals surface area contributed by atoms with Crippen LogP contribution in [-0.2, 0) is 6.54 Å². The Hall–Kier alpha value is -2.98. The van der Waals surface area contributed by atoms with Crippen LogP contribution in [0.1, 0.15) is 24.8 Å². The second kappa shape index (κ2) is 10.7. The van der Waals surface area contributed by atoms with Gasteiger partial charge in [0.25, 0.3) is 0 Å². The highest BCUT2D eigenvalue weighted by Crippen LogP contribution is 2.23. The zero-order valence-electron chi connectivity index (χ0n) is 17.4. The Morgan fingerprint density at radius 1 is 0.733 bits per heavy atom. The molecule has 3 aromatic rings. The Kier molecular flexibility index (Phi) is 7.24. The molecule has 1 saturated heterocycles. The van der Waals surface area contributed by atoms with Crippen molar-refractivity contribution in [3.05, 3.63) is 84.4 Å². The van der Waals surface area contributed by atoms with Gasteiger partial charge >= 0.3 is 0 Å². The zero-order valence-corrected chi connectivity index (χ0v) is 17.4. The number of benzene rings is 3. The summed E-state index contributed by atoms with van der Waals surface area (Å²) in [7, 11) is 0. The molecule has 4 nitrogen and oxygen atoms in total. The van der Waals surface area contributed by atoms with Crippen LogP contribution in [0.2, 0.25) is 0 Å². The van der Waals surface area contributed by atoms with Crippen LogP contribution >= 0.6 is 0 Å². The standard InChI is InChI=1S/C26H30N2O2/c1-2-7-25(8-3-1)30-26-15-11-23(12-16-26)27-21-22-9-13-24(14-10-22)29-20-6-19-28-17-4-5-18-28/h1-3,7-16,27H,4-6,17-21H2. The molecule has 0 saturated carbocycles. The maximum Gasteiger partial charge on any atom is 0.127 e. The fourth-order valence-corrected chi connectivity index (χ4v) is 3.66. The van der Waals surface area contributed by atoms with E-state index in [1.165, 1.54) is 31.5 Å². The lowest BCUT2D eigenvalue weighted by Gasteiger charge is -2.14. The minimum Gasteiger partial charge on any atom is -0.494 e. The van der Waals surface area contributed by atoms with E-state index in [1.807, 2.05) is 54.6 Å². The minimum absolute atomic E-state index is 0.772. The Labute approximate surface area is 179 Å². The second-order valence-corrected chi connectivity index (χ2v) is 7.69. The first-order valence-corrected chi connectivity index (χ1v) is 10.9. The molecule has 4 rings (SSSR count). The van der Waals surface area contributed by atoms with Crippen molar-refractivity contribution in [3.8, 4) is 17.2 Å². The molecule has 0 spiro atoms. The van der Waals surface area contributed by atoms with Crippen LogP contribution in [-0.4, -0.2) is 31.1 Å². The Morgan fingerprint density at radius 2 is 1.40 bits per heavy atom. The summed E-state index contributed by atoms with van der Waals surface area (Å²) in [6.45, 7) is 5.21. The van der Waals surface area contributed by atoms with E-state index in [-0.39, 0.29) is 0 Å². The van der Waals surface area contributed by atoms with Crippen molar-refractivity contribution in [3.63, 3.8) is 0 Å². The Morgan fingerprint density at radius 3 is 2.13 bits per heavy atom. The molecule has 0 atom stereocenters. The predicted octanol–water partition coefficient (Wildman–Crippen LogP) is 5.96. The fraction of sp³-hybridized carbons (Fsp3) is 0.308. The van der Waals surface area contributed by atoms with Gasteiger partial charge in [-0.15, -0.1) is 0 Å². The van der Waals surface area contributed by atoms with Crippen LogP contribution in [0.4, 0.5) is 5.69 Å². The fourth-order valence-electron chi connectivity index (χ4n) is 3.66. The smallest absolute Gasteiger partial charge is 0.127 e. The number of hydrogen-bond donors (Lipinski definition) is 1. The molecule has 1 aliphatic rings. The highest BCUT2D eigenvalue weighted by molar-refractivity contribution is 5.47. The van der Waals surface area contributed by atoms with E-state index in [0.717, 1.165) is 49.1 Å². The van der Waals surface area contributed by atoms with Gasteiger partial charge in [0.15, 0.2) is 0 Å². The molecule has 3 aromatic carbocycles. The van der Waals surface area contributed by atoms with Crippen molar-refractivity contribution in [1.82, 2.24) is 4.90 Å². The van der Waals surface area contributed by atoms with Gasteiger partial charge in [0, 0.05) is 18.8 Å². The molecule has 1 fully saturated rings. The van der Waals surface area contributed by atoms with Crippen molar-refractivity contribution in [1.29, 1.82) is 0 Å². The maximum absolute atomic E-state index is 5.88. The predicted molar refractivity (Wildman–Crippen MR) is 123 cm³/mol. The van der Waals surface area contributed by atoms with Crippen molar-refractivity contribution >= 4 is 5.69 Å². The van der Waals surface area contributed by atoms with E-state index in [1.54, 1.807) is 0 Å². The van der Waals surface area contributed by atoms with Gasteiger partial charge in [-0.1, -0.05) is 30.3 Å². The van der Waals surface area contributed by atoms with Crippen molar-refractivity contribution in [2.75, 3.05) is 31.6 Å². The van der Waals surface area contributed by atoms with E-state index in [9.17, 15) is 0 Å². The van der Waals surface area contributed by atoms with E-state index in [4.69, 9.17) is 9.47 Å². The molecule has 0 radical (unpaired) electrons. The van der Waals surface area contributed by atoms with Crippen LogP contribution in [0.25, 0.3) is 0 Å². The third-order valence-corrected chi connectivity index (χ3v) is 5.34. The lowest BCUT2D eigenvalue weighted by Crippen LogP contribution is -2.21. The maximum atomic E-state index is 5.88. The van der Waals surface area contributed by atoms with Gasteiger partial charge in [0.2, 0.25) is 0 Å². The SMILES string of the molecule is c1ccc(Oc2ccc(NCc3ccc(OCCCN4CCCC4)cc3)cc2)cc1. The third-order valence-electron chi connectivity index (χ3n) is 5.34. The van der Waals surface area contributed by atoms with Gasteiger partial charge in [-0.25, -0.2) is 0 Å². The molecule has 156 valence electrons. The quantitative estimate of drug-likeness (QED) is 0.425. The molecule has 4 heteroatoms. The van der Waals surface area contributed by atoms with Gasteiger partial charge in [-0.2, -0.15) is 0 Å². The molecule has 0 bridgehead atoms. The van der Waals surface area contributed by atoms with E-state index in [0.29, 0.717) is 0 Å². The van der Waals surface area contributed by atoms with Crippen molar-refractivity contribution in [2.24, 2.45) is 0 Å². The van der Waals surface area contributed by atoms with E-state index in [2.05, 4.69) is 34.5 Å². The summed E-state index contributed by atoms with van der Waals surface area (Å²) in [4.78, 5) is 2.53. The highest BCUT2D eigenvalue weighted by atomic mass is 16.5. The molecule has 0 aromatic heterocycles. The van der Waals surface area contributed by atoms with Gasteiger partial charge in [0.1, 0.15) is 17.2 Å². The lowest BCUT2D eigenvalue weighted by molar-refractivity contribution is 0.263. The van der Waals surface area contributed by atoms with Crippen LogP contribution in [0.3, 0.4) is 0 Å². The van der Waals surface area contributed by atoms with Gasteiger partial charge < -0.3 is 19.7 Å². The first-order valence-electron chi connectivity index (χ1n) is 10.9. The van der Waals surface area contributed by atoms with Crippen LogP contribution in [0, 0.1) is 0 Å².